The molecule has 0 saturated heterocycles. The fourth-order valence-electron chi connectivity index (χ4n) is 2.99. The molecule has 3 amide bonds. The van der Waals surface area contributed by atoms with E-state index in [1.165, 1.54) is 14.2 Å². The van der Waals surface area contributed by atoms with Crippen LogP contribution in [-0.2, 0) is 0 Å². The highest BCUT2D eigenvalue weighted by atomic mass is 16.5. The summed E-state index contributed by atoms with van der Waals surface area (Å²) in [6, 6.07) is 20.3. The van der Waals surface area contributed by atoms with E-state index in [-0.39, 0.29) is 24.3 Å². The van der Waals surface area contributed by atoms with E-state index in [9.17, 15) is 14.4 Å². The minimum atomic E-state index is -0.335. The van der Waals surface area contributed by atoms with Crippen molar-refractivity contribution < 1.29 is 23.9 Å². The summed E-state index contributed by atoms with van der Waals surface area (Å²) in [5.74, 6) is 0.203. The predicted molar refractivity (Wildman–Crippen MR) is 125 cm³/mol. The maximum absolute atomic E-state index is 12.6. The van der Waals surface area contributed by atoms with E-state index in [1.54, 1.807) is 66.7 Å². The van der Waals surface area contributed by atoms with Crippen molar-refractivity contribution in [2.75, 3.05) is 32.6 Å². The zero-order valence-corrected chi connectivity index (χ0v) is 18.4. The summed E-state index contributed by atoms with van der Waals surface area (Å²) in [5.41, 5.74) is 1.92. The first-order valence-corrected chi connectivity index (χ1v) is 10.3. The highest BCUT2D eigenvalue weighted by molar-refractivity contribution is 6.05. The Morgan fingerprint density at radius 2 is 1.15 bits per heavy atom. The SMILES string of the molecule is COc1cc(OC)cc(C(=O)Nc2ccc(C(=O)NCCNC(=O)c3ccccc3)cc2)c1. The Morgan fingerprint density at radius 3 is 1.67 bits per heavy atom. The third-order valence-corrected chi connectivity index (χ3v) is 4.75. The monoisotopic (exact) mass is 447 g/mol. The number of carbonyl (C=O) groups is 3. The minimum Gasteiger partial charge on any atom is -0.497 e. The van der Waals surface area contributed by atoms with Crippen molar-refractivity contribution >= 4 is 23.4 Å². The number of ether oxygens (including phenoxy) is 2. The van der Waals surface area contributed by atoms with Crippen molar-refractivity contribution in [3.05, 3.63) is 89.5 Å². The number of anilines is 1. The van der Waals surface area contributed by atoms with E-state index in [4.69, 9.17) is 9.47 Å². The predicted octanol–water partition coefficient (Wildman–Crippen LogP) is 3.12. The summed E-state index contributed by atoms with van der Waals surface area (Å²) >= 11 is 0. The number of hydrogen-bond donors (Lipinski definition) is 3. The average Bonchev–Trinajstić information content (AvgIpc) is 2.86. The summed E-state index contributed by atoms with van der Waals surface area (Å²) in [4.78, 5) is 36.9. The first-order chi connectivity index (χ1) is 16.0. The fraction of sp³-hybridized carbons (Fsp3) is 0.160. The molecule has 0 aliphatic rings. The van der Waals surface area contributed by atoms with Crippen LogP contribution in [0, 0.1) is 0 Å². The molecule has 0 aliphatic carbocycles. The molecule has 170 valence electrons. The fourth-order valence-corrected chi connectivity index (χ4v) is 2.99. The second kappa shape index (κ2) is 11.3. The molecule has 0 spiro atoms. The molecule has 0 aliphatic heterocycles. The van der Waals surface area contributed by atoms with E-state index in [2.05, 4.69) is 16.0 Å². The number of hydrogen-bond acceptors (Lipinski definition) is 5. The molecule has 3 aromatic rings. The number of amides is 3. The molecule has 0 fully saturated rings. The van der Waals surface area contributed by atoms with Crippen LogP contribution in [-0.4, -0.2) is 45.0 Å². The van der Waals surface area contributed by atoms with Gasteiger partial charge in [0.2, 0.25) is 0 Å². The van der Waals surface area contributed by atoms with Gasteiger partial charge >= 0.3 is 0 Å². The van der Waals surface area contributed by atoms with Gasteiger partial charge in [0, 0.05) is 41.5 Å². The van der Waals surface area contributed by atoms with Gasteiger partial charge in [-0.25, -0.2) is 0 Å². The van der Waals surface area contributed by atoms with Gasteiger partial charge in [0.1, 0.15) is 11.5 Å². The Bertz CT molecular complexity index is 1090. The van der Waals surface area contributed by atoms with Crippen LogP contribution in [0.1, 0.15) is 31.1 Å². The summed E-state index contributed by atoms with van der Waals surface area (Å²) in [6.45, 7) is 0.588. The number of carbonyl (C=O) groups excluding carboxylic acids is 3. The molecule has 3 N–H and O–H groups in total. The summed E-state index contributed by atoms with van der Waals surface area (Å²) in [5, 5.41) is 8.28. The lowest BCUT2D eigenvalue weighted by atomic mass is 10.1. The van der Waals surface area contributed by atoms with Gasteiger partial charge in [-0.05, 0) is 48.5 Å². The lowest BCUT2D eigenvalue weighted by molar-refractivity contribution is 0.0927. The van der Waals surface area contributed by atoms with E-state index in [1.807, 2.05) is 6.07 Å². The Balaban J connectivity index is 1.49. The first kappa shape index (κ1) is 23.3. The van der Waals surface area contributed by atoms with Crippen molar-refractivity contribution in [3.63, 3.8) is 0 Å². The smallest absolute Gasteiger partial charge is 0.255 e. The van der Waals surface area contributed by atoms with E-state index in [0.29, 0.717) is 40.4 Å². The standard InChI is InChI=1S/C25H25N3O5/c1-32-21-14-19(15-22(16-21)33-2)25(31)28-20-10-8-18(9-11-20)24(30)27-13-12-26-23(29)17-6-4-3-5-7-17/h3-11,14-16H,12-13H2,1-2H3,(H,26,29)(H,27,30)(H,28,31). The van der Waals surface area contributed by atoms with Crippen molar-refractivity contribution in [2.24, 2.45) is 0 Å². The maximum atomic E-state index is 12.6. The average molecular weight is 447 g/mol. The van der Waals surface area contributed by atoms with E-state index < -0.39 is 0 Å². The van der Waals surface area contributed by atoms with Crippen LogP contribution in [0.15, 0.2) is 72.8 Å². The molecular formula is C25H25N3O5. The van der Waals surface area contributed by atoms with Crippen LogP contribution >= 0.6 is 0 Å². The molecule has 3 aromatic carbocycles. The molecule has 0 radical (unpaired) electrons. The van der Waals surface area contributed by atoms with Crippen molar-refractivity contribution in [3.8, 4) is 11.5 Å². The Morgan fingerprint density at radius 1 is 0.636 bits per heavy atom. The van der Waals surface area contributed by atoms with Gasteiger partial charge in [-0.3, -0.25) is 14.4 Å². The second-order valence-corrected chi connectivity index (χ2v) is 7.01. The van der Waals surface area contributed by atoms with Gasteiger partial charge in [0.05, 0.1) is 14.2 Å². The molecule has 0 heterocycles. The third-order valence-electron chi connectivity index (χ3n) is 4.75. The van der Waals surface area contributed by atoms with Gasteiger partial charge < -0.3 is 25.4 Å². The van der Waals surface area contributed by atoms with Gasteiger partial charge in [0.15, 0.2) is 0 Å². The van der Waals surface area contributed by atoms with Gasteiger partial charge in [-0.2, -0.15) is 0 Å². The highest BCUT2D eigenvalue weighted by Crippen LogP contribution is 2.23. The lowest BCUT2D eigenvalue weighted by Gasteiger charge is -2.10. The topological polar surface area (TPSA) is 106 Å². The number of benzene rings is 3. The van der Waals surface area contributed by atoms with Gasteiger partial charge in [0.25, 0.3) is 17.7 Å². The van der Waals surface area contributed by atoms with Crippen molar-refractivity contribution in [1.82, 2.24) is 10.6 Å². The second-order valence-electron chi connectivity index (χ2n) is 7.01. The molecule has 0 atom stereocenters. The Hall–Kier alpha value is -4.33. The van der Waals surface area contributed by atoms with Crippen LogP contribution < -0.4 is 25.4 Å². The van der Waals surface area contributed by atoms with Crippen molar-refractivity contribution in [1.29, 1.82) is 0 Å². The Kier molecular flexibility index (Phi) is 8.02. The maximum Gasteiger partial charge on any atom is 0.255 e. The molecule has 8 heteroatoms. The summed E-state index contributed by atoms with van der Waals surface area (Å²) in [6.07, 6.45) is 0. The van der Waals surface area contributed by atoms with Crippen molar-refractivity contribution in [2.45, 2.75) is 0 Å². The normalized spacial score (nSPS) is 10.1. The van der Waals surface area contributed by atoms with Crippen LogP contribution in [0.3, 0.4) is 0 Å². The van der Waals surface area contributed by atoms with Gasteiger partial charge in [-0.15, -0.1) is 0 Å². The van der Waals surface area contributed by atoms with Crippen LogP contribution in [0.4, 0.5) is 5.69 Å². The first-order valence-electron chi connectivity index (χ1n) is 10.3. The molecular weight excluding hydrogens is 422 g/mol. The number of methoxy groups -OCH3 is 2. The summed E-state index contributed by atoms with van der Waals surface area (Å²) in [7, 11) is 3.02. The molecule has 0 saturated carbocycles. The molecule has 33 heavy (non-hydrogen) atoms. The zero-order valence-electron chi connectivity index (χ0n) is 18.4. The minimum absolute atomic E-state index is 0.196. The quantitative estimate of drug-likeness (QED) is 0.437. The Labute approximate surface area is 191 Å². The van der Waals surface area contributed by atoms with E-state index >= 15 is 0 Å². The summed E-state index contributed by atoms with van der Waals surface area (Å²) < 4.78 is 10.4. The highest BCUT2D eigenvalue weighted by Gasteiger charge is 2.11. The van der Waals surface area contributed by atoms with E-state index in [0.717, 1.165) is 0 Å². The number of rotatable bonds is 9. The molecule has 0 unspecified atom stereocenters. The van der Waals surface area contributed by atoms with Crippen LogP contribution in [0.2, 0.25) is 0 Å². The van der Waals surface area contributed by atoms with Crippen LogP contribution in [0.5, 0.6) is 11.5 Å². The molecule has 0 aromatic heterocycles. The molecule has 3 rings (SSSR count). The molecule has 0 bridgehead atoms. The lowest BCUT2D eigenvalue weighted by Crippen LogP contribution is -2.34. The largest absolute Gasteiger partial charge is 0.497 e. The van der Waals surface area contributed by atoms with Crippen LogP contribution in [0.25, 0.3) is 0 Å². The van der Waals surface area contributed by atoms with Gasteiger partial charge in [-0.1, -0.05) is 18.2 Å². The third kappa shape index (κ3) is 6.57. The zero-order chi connectivity index (χ0) is 23.6. The number of nitrogens with one attached hydrogen (secondary N) is 3. The molecule has 8 nitrogen and oxygen atoms in total.